The largest absolute Gasteiger partial charge is 0.440 e. The number of hydrogen-bond acceptors (Lipinski definition) is 6. The van der Waals surface area contributed by atoms with E-state index in [1.807, 2.05) is 0 Å². The van der Waals surface area contributed by atoms with Crippen molar-refractivity contribution in [3.8, 4) is 0 Å². The SMILES string of the molecule is CCN(CC)C(=C(C)[Si]CN(C)CCC[Si](OC)OC)[Si](OC)OC. The summed E-state index contributed by atoms with van der Waals surface area (Å²) in [6, 6.07) is 1.02. The van der Waals surface area contributed by atoms with Gasteiger partial charge in [-0.2, -0.15) is 0 Å². The average molecular weight is 405 g/mol. The predicted octanol–water partition coefficient (Wildman–Crippen LogP) is 1.64. The minimum atomic E-state index is -1.40. The summed E-state index contributed by atoms with van der Waals surface area (Å²) in [5.74, 6) is 0. The molecule has 0 spiro atoms. The second-order valence-corrected chi connectivity index (χ2v) is 11.0. The summed E-state index contributed by atoms with van der Waals surface area (Å²) in [4.78, 5) is 4.76. The first-order chi connectivity index (χ1) is 12.0. The monoisotopic (exact) mass is 404 g/mol. The molecule has 0 N–H and O–H groups in total. The molecule has 0 aliphatic carbocycles. The Hall–Kier alpha value is -0.00935. The zero-order valence-corrected chi connectivity index (χ0v) is 20.3. The highest BCUT2D eigenvalue weighted by atomic mass is 28.3. The quantitative estimate of drug-likeness (QED) is 0.387. The van der Waals surface area contributed by atoms with Crippen LogP contribution in [0.4, 0.5) is 0 Å². The fourth-order valence-electron chi connectivity index (χ4n) is 2.53. The molecule has 6 nitrogen and oxygen atoms in total. The van der Waals surface area contributed by atoms with Gasteiger partial charge in [0.1, 0.15) is 0 Å². The molecule has 0 unspecified atom stereocenters. The number of hydrogen-bond donors (Lipinski definition) is 0. The van der Waals surface area contributed by atoms with E-state index in [4.69, 9.17) is 17.7 Å². The lowest BCUT2D eigenvalue weighted by atomic mass is 10.5. The van der Waals surface area contributed by atoms with Crippen molar-refractivity contribution in [2.75, 3.05) is 61.3 Å². The minimum Gasteiger partial charge on any atom is -0.397 e. The molecule has 0 heterocycles. The van der Waals surface area contributed by atoms with Crippen LogP contribution in [0.15, 0.2) is 10.5 Å². The molecule has 0 atom stereocenters. The molecule has 0 saturated heterocycles. The third-order valence-electron chi connectivity index (χ3n) is 3.99. The Morgan fingerprint density at radius 1 is 0.960 bits per heavy atom. The molecule has 0 aromatic carbocycles. The van der Waals surface area contributed by atoms with Crippen LogP contribution in [0, 0.1) is 0 Å². The first-order valence-electron chi connectivity index (χ1n) is 8.76. The molecule has 0 fully saturated rings. The van der Waals surface area contributed by atoms with Gasteiger partial charge in [-0.3, -0.25) is 0 Å². The molecule has 146 valence electrons. The molecule has 0 saturated carbocycles. The second kappa shape index (κ2) is 15.1. The Balaban J connectivity index is 4.69. The van der Waals surface area contributed by atoms with Crippen LogP contribution in [0.2, 0.25) is 6.04 Å². The van der Waals surface area contributed by atoms with E-state index in [1.54, 1.807) is 28.4 Å². The Labute approximate surface area is 161 Å². The van der Waals surface area contributed by atoms with Crippen molar-refractivity contribution in [2.45, 2.75) is 33.2 Å². The Kier molecular flexibility index (Phi) is 15.1. The van der Waals surface area contributed by atoms with Crippen LogP contribution in [0.5, 0.6) is 0 Å². The molecule has 9 heteroatoms. The standard InChI is InChI=1S/C16H36N2O4Si3/c1-9-18(10-2)16(25(21-7)22-8)15(3)23-14-17(4)12-11-13-24(19-5)20-6/h9-14H2,1-8H3. The molecule has 0 aliphatic rings. The van der Waals surface area contributed by atoms with Crippen LogP contribution in [0.1, 0.15) is 27.2 Å². The number of nitrogens with zero attached hydrogens (tertiary/aromatic N) is 2. The van der Waals surface area contributed by atoms with Gasteiger partial charge in [0.25, 0.3) is 0 Å². The van der Waals surface area contributed by atoms with E-state index in [0.29, 0.717) is 0 Å². The van der Waals surface area contributed by atoms with E-state index in [0.717, 1.165) is 47.8 Å². The first kappa shape index (κ1) is 25.0. The normalized spacial score (nSPS) is 13.1. The number of allylic oxidation sites excluding steroid dienone is 1. The van der Waals surface area contributed by atoms with E-state index in [9.17, 15) is 0 Å². The zero-order chi connectivity index (χ0) is 19.2. The third-order valence-corrected chi connectivity index (χ3v) is 9.20. The lowest BCUT2D eigenvalue weighted by molar-refractivity contribution is 0.264. The van der Waals surface area contributed by atoms with Crippen molar-refractivity contribution in [3.05, 3.63) is 10.5 Å². The molecule has 25 heavy (non-hydrogen) atoms. The lowest BCUT2D eigenvalue weighted by Gasteiger charge is -2.29. The molecular weight excluding hydrogens is 368 g/mol. The molecule has 0 rings (SSSR count). The van der Waals surface area contributed by atoms with Crippen LogP contribution in [0.3, 0.4) is 0 Å². The van der Waals surface area contributed by atoms with Gasteiger partial charge in [-0.25, -0.2) is 0 Å². The summed E-state index contributed by atoms with van der Waals surface area (Å²) in [5, 5.41) is 2.67. The van der Waals surface area contributed by atoms with E-state index in [1.165, 1.54) is 10.5 Å². The van der Waals surface area contributed by atoms with E-state index >= 15 is 0 Å². The summed E-state index contributed by atoms with van der Waals surface area (Å²) in [7, 11) is 7.42. The molecule has 0 amide bonds. The highest BCUT2D eigenvalue weighted by Crippen LogP contribution is 2.15. The molecule has 0 bridgehead atoms. The minimum absolute atomic E-state index is 0.746. The van der Waals surface area contributed by atoms with Gasteiger partial charge in [0.2, 0.25) is 0 Å². The van der Waals surface area contributed by atoms with Gasteiger partial charge < -0.3 is 27.5 Å². The molecular formula is C16H36N2O4Si3. The Morgan fingerprint density at radius 2 is 1.52 bits per heavy atom. The van der Waals surface area contributed by atoms with Crippen molar-refractivity contribution >= 4 is 28.1 Å². The van der Waals surface area contributed by atoms with Crippen LogP contribution < -0.4 is 0 Å². The van der Waals surface area contributed by atoms with Gasteiger partial charge in [0, 0.05) is 41.5 Å². The first-order valence-corrected chi connectivity index (χ1v) is 12.8. The summed E-state index contributed by atoms with van der Waals surface area (Å²) in [6.07, 6.45) is 2.16. The lowest BCUT2D eigenvalue weighted by Crippen LogP contribution is -2.38. The van der Waals surface area contributed by atoms with E-state index in [2.05, 4.69) is 37.6 Å². The third kappa shape index (κ3) is 9.48. The fraction of sp³-hybridized carbons (Fsp3) is 0.875. The maximum absolute atomic E-state index is 5.64. The van der Waals surface area contributed by atoms with Crippen LogP contribution in [0.25, 0.3) is 0 Å². The summed E-state index contributed by atoms with van der Waals surface area (Å²) >= 11 is 0. The Bertz CT molecular complexity index is 349. The van der Waals surface area contributed by atoms with Gasteiger partial charge in [0.15, 0.2) is 0 Å². The van der Waals surface area contributed by atoms with Gasteiger partial charge in [-0.05, 0) is 53.0 Å². The van der Waals surface area contributed by atoms with Gasteiger partial charge >= 0.3 is 18.6 Å². The second-order valence-electron chi connectivity index (χ2n) is 5.64. The van der Waals surface area contributed by atoms with Crippen molar-refractivity contribution in [1.82, 2.24) is 9.80 Å². The smallest absolute Gasteiger partial charge is 0.397 e. The fourth-order valence-corrected chi connectivity index (χ4v) is 6.55. The van der Waals surface area contributed by atoms with Crippen LogP contribution in [-0.2, 0) is 17.7 Å². The molecule has 4 radical (unpaired) electrons. The maximum atomic E-state index is 5.64. The summed E-state index contributed by atoms with van der Waals surface area (Å²) in [6.45, 7) is 9.60. The van der Waals surface area contributed by atoms with Gasteiger partial charge in [0.05, 0.1) is 14.8 Å². The molecule has 0 aromatic rings. The van der Waals surface area contributed by atoms with Gasteiger partial charge in [-0.1, -0.05) is 5.20 Å². The van der Waals surface area contributed by atoms with E-state index in [-0.39, 0.29) is 0 Å². The predicted molar refractivity (Wildman–Crippen MR) is 108 cm³/mol. The summed E-state index contributed by atoms with van der Waals surface area (Å²) in [5.41, 5.74) is 0. The van der Waals surface area contributed by atoms with Crippen molar-refractivity contribution < 1.29 is 17.7 Å². The molecule has 0 aromatic heterocycles. The Morgan fingerprint density at radius 3 is 1.96 bits per heavy atom. The maximum Gasteiger partial charge on any atom is 0.440 e. The highest BCUT2D eigenvalue weighted by Gasteiger charge is 2.26. The molecule has 0 aliphatic heterocycles. The van der Waals surface area contributed by atoms with Crippen LogP contribution >= 0.6 is 0 Å². The average Bonchev–Trinajstić information content (AvgIpc) is 2.63. The van der Waals surface area contributed by atoms with Gasteiger partial charge in [-0.15, -0.1) is 0 Å². The number of rotatable bonds is 15. The van der Waals surface area contributed by atoms with Crippen molar-refractivity contribution in [3.63, 3.8) is 0 Å². The highest BCUT2D eigenvalue weighted by molar-refractivity contribution is 6.58. The van der Waals surface area contributed by atoms with E-state index < -0.39 is 18.6 Å². The van der Waals surface area contributed by atoms with Crippen molar-refractivity contribution in [1.29, 1.82) is 0 Å². The topological polar surface area (TPSA) is 43.4 Å². The van der Waals surface area contributed by atoms with Crippen molar-refractivity contribution in [2.24, 2.45) is 0 Å². The zero-order valence-electron chi connectivity index (χ0n) is 17.3. The van der Waals surface area contributed by atoms with Crippen LogP contribution in [-0.4, -0.2) is 99.2 Å². The summed E-state index contributed by atoms with van der Waals surface area (Å²) < 4.78 is 22.0.